The molecule has 0 aliphatic heterocycles. The van der Waals surface area contributed by atoms with E-state index in [4.69, 9.17) is 11.1 Å². The number of nitrogens with one attached hydrogen (secondary N) is 1. The Hall–Kier alpha value is -1.36. The molecule has 1 aromatic rings. The molecule has 0 saturated carbocycles. The van der Waals surface area contributed by atoms with Gasteiger partial charge in [-0.1, -0.05) is 6.92 Å². The Morgan fingerprint density at radius 2 is 2.40 bits per heavy atom. The third-order valence-corrected chi connectivity index (χ3v) is 2.31. The van der Waals surface area contributed by atoms with Gasteiger partial charge in [0, 0.05) is 38.3 Å². The second kappa shape index (κ2) is 5.50. The van der Waals surface area contributed by atoms with E-state index in [-0.39, 0.29) is 5.84 Å². The Labute approximate surface area is 90.4 Å². The van der Waals surface area contributed by atoms with Gasteiger partial charge in [0.1, 0.15) is 0 Å². The number of nitrogens with zero attached hydrogens (tertiary/aromatic N) is 3. The van der Waals surface area contributed by atoms with Crippen molar-refractivity contribution in [1.82, 2.24) is 14.7 Å². The topological polar surface area (TPSA) is 70.9 Å². The van der Waals surface area contributed by atoms with Gasteiger partial charge in [-0.25, -0.2) is 0 Å². The number of aryl methyl sites for hydroxylation is 1. The van der Waals surface area contributed by atoms with E-state index in [0.29, 0.717) is 6.42 Å². The summed E-state index contributed by atoms with van der Waals surface area (Å²) in [5.41, 5.74) is 6.53. The zero-order chi connectivity index (χ0) is 11.3. The lowest BCUT2D eigenvalue weighted by Crippen LogP contribution is -2.27. The maximum Gasteiger partial charge on any atom is 0.0918 e. The molecule has 0 aromatic carbocycles. The lowest BCUT2D eigenvalue weighted by atomic mass is 10.3. The van der Waals surface area contributed by atoms with Gasteiger partial charge in [0.15, 0.2) is 0 Å². The molecule has 0 unspecified atom stereocenters. The molecule has 0 bridgehead atoms. The molecule has 0 aliphatic carbocycles. The van der Waals surface area contributed by atoms with Crippen molar-refractivity contribution in [3.8, 4) is 0 Å². The van der Waals surface area contributed by atoms with Crippen molar-refractivity contribution in [3.63, 3.8) is 0 Å². The predicted octanol–water partition coefficient (Wildman–Crippen LogP) is 0.568. The highest BCUT2D eigenvalue weighted by Crippen LogP contribution is 2.03. The normalized spacial score (nSPS) is 10.9. The molecule has 0 aliphatic rings. The van der Waals surface area contributed by atoms with Gasteiger partial charge in [-0.05, 0) is 6.54 Å². The first-order valence-electron chi connectivity index (χ1n) is 5.14. The molecule has 3 N–H and O–H groups in total. The van der Waals surface area contributed by atoms with E-state index in [1.54, 1.807) is 4.68 Å². The Kier molecular flexibility index (Phi) is 4.30. The third-order valence-electron chi connectivity index (χ3n) is 2.31. The largest absolute Gasteiger partial charge is 0.388 e. The molecule has 5 heteroatoms. The van der Waals surface area contributed by atoms with E-state index in [9.17, 15) is 0 Å². The summed E-state index contributed by atoms with van der Waals surface area (Å²) in [6.45, 7) is 4.77. The number of hydrogen-bond acceptors (Lipinski definition) is 3. The van der Waals surface area contributed by atoms with E-state index < -0.39 is 0 Å². The molecule has 5 nitrogen and oxygen atoms in total. The van der Waals surface area contributed by atoms with Crippen molar-refractivity contribution in [1.29, 1.82) is 5.41 Å². The van der Waals surface area contributed by atoms with Crippen LogP contribution in [0.1, 0.15) is 18.9 Å². The fraction of sp³-hybridized carbons (Fsp3) is 0.600. The highest BCUT2D eigenvalue weighted by atomic mass is 15.2. The van der Waals surface area contributed by atoms with Gasteiger partial charge in [-0.2, -0.15) is 5.10 Å². The minimum atomic E-state index is 0.250. The molecule has 1 heterocycles. The predicted molar refractivity (Wildman–Crippen MR) is 60.7 cm³/mol. The van der Waals surface area contributed by atoms with Crippen LogP contribution in [0.15, 0.2) is 12.4 Å². The fourth-order valence-corrected chi connectivity index (χ4v) is 1.44. The van der Waals surface area contributed by atoms with Crippen molar-refractivity contribution in [2.75, 3.05) is 13.1 Å². The molecule has 1 rings (SSSR count). The standard InChI is InChI=1S/C10H19N5/c1-3-15(5-4-10(11)12)8-9-6-13-14(2)7-9/h6-7H,3-5,8H2,1-2H3,(H3,11,12). The van der Waals surface area contributed by atoms with Gasteiger partial charge in [0.25, 0.3) is 0 Å². The summed E-state index contributed by atoms with van der Waals surface area (Å²) < 4.78 is 1.80. The summed E-state index contributed by atoms with van der Waals surface area (Å²) in [4.78, 5) is 2.25. The van der Waals surface area contributed by atoms with Crippen LogP contribution < -0.4 is 5.73 Å². The number of hydrogen-bond donors (Lipinski definition) is 2. The first-order valence-corrected chi connectivity index (χ1v) is 5.14. The maximum absolute atomic E-state index is 7.18. The van der Waals surface area contributed by atoms with Crippen LogP contribution in [-0.2, 0) is 13.6 Å². The highest BCUT2D eigenvalue weighted by Gasteiger charge is 2.05. The Morgan fingerprint density at radius 3 is 2.87 bits per heavy atom. The summed E-state index contributed by atoms with van der Waals surface area (Å²) in [5.74, 6) is 0.250. The Bertz CT molecular complexity index is 317. The minimum absolute atomic E-state index is 0.250. The highest BCUT2D eigenvalue weighted by molar-refractivity contribution is 5.76. The van der Waals surface area contributed by atoms with Gasteiger partial charge < -0.3 is 5.73 Å². The zero-order valence-corrected chi connectivity index (χ0v) is 9.40. The lowest BCUT2D eigenvalue weighted by molar-refractivity contribution is 0.288. The summed E-state index contributed by atoms with van der Waals surface area (Å²) >= 11 is 0. The molecular formula is C10H19N5. The Balaban J connectivity index is 2.42. The van der Waals surface area contributed by atoms with Crippen molar-refractivity contribution in [2.24, 2.45) is 12.8 Å². The smallest absolute Gasteiger partial charge is 0.0918 e. The number of rotatable bonds is 6. The van der Waals surface area contributed by atoms with Crippen LogP contribution in [0, 0.1) is 5.41 Å². The maximum atomic E-state index is 7.18. The summed E-state index contributed by atoms with van der Waals surface area (Å²) in [6, 6.07) is 0. The molecule has 15 heavy (non-hydrogen) atoms. The number of amidine groups is 1. The van der Waals surface area contributed by atoms with E-state index in [1.807, 2.05) is 19.4 Å². The minimum Gasteiger partial charge on any atom is -0.388 e. The van der Waals surface area contributed by atoms with Crippen LogP contribution in [-0.4, -0.2) is 33.6 Å². The molecule has 0 spiro atoms. The monoisotopic (exact) mass is 209 g/mol. The molecular weight excluding hydrogens is 190 g/mol. The molecule has 0 saturated heterocycles. The van der Waals surface area contributed by atoms with Gasteiger partial charge in [0.2, 0.25) is 0 Å². The van der Waals surface area contributed by atoms with Crippen molar-refractivity contribution in [3.05, 3.63) is 18.0 Å². The molecule has 1 aromatic heterocycles. The third kappa shape index (κ3) is 4.12. The van der Waals surface area contributed by atoms with E-state index >= 15 is 0 Å². The Morgan fingerprint density at radius 1 is 1.67 bits per heavy atom. The first-order chi connectivity index (χ1) is 7.11. The SMILES string of the molecule is CCN(CCC(=N)N)Cc1cnn(C)c1. The zero-order valence-electron chi connectivity index (χ0n) is 9.40. The molecule has 0 fully saturated rings. The van der Waals surface area contributed by atoms with Crippen LogP contribution in [0.4, 0.5) is 0 Å². The van der Waals surface area contributed by atoms with Gasteiger partial charge in [0.05, 0.1) is 12.0 Å². The van der Waals surface area contributed by atoms with Crippen molar-refractivity contribution in [2.45, 2.75) is 19.9 Å². The molecule has 0 radical (unpaired) electrons. The van der Waals surface area contributed by atoms with Crippen LogP contribution in [0.25, 0.3) is 0 Å². The lowest BCUT2D eigenvalue weighted by Gasteiger charge is -2.18. The molecule has 0 amide bonds. The van der Waals surface area contributed by atoms with Crippen molar-refractivity contribution < 1.29 is 0 Å². The van der Waals surface area contributed by atoms with Crippen molar-refractivity contribution >= 4 is 5.84 Å². The van der Waals surface area contributed by atoms with E-state index in [2.05, 4.69) is 16.9 Å². The fourth-order valence-electron chi connectivity index (χ4n) is 1.44. The molecule has 0 atom stereocenters. The molecule has 84 valence electrons. The second-order valence-electron chi connectivity index (χ2n) is 3.67. The van der Waals surface area contributed by atoms with Gasteiger partial charge in [-0.3, -0.25) is 15.0 Å². The summed E-state index contributed by atoms with van der Waals surface area (Å²) in [7, 11) is 1.91. The quantitative estimate of drug-likeness (QED) is 0.531. The first kappa shape index (κ1) is 11.7. The second-order valence-corrected chi connectivity index (χ2v) is 3.67. The number of aromatic nitrogens is 2. The van der Waals surface area contributed by atoms with Gasteiger partial charge >= 0.3 is 0 Å². The van der Waals surface area contributed by atoms with Crippen LogP contribution in [0.3, 0.4) is 0 Å². The summed E-state index contributed by atoms with van der Waals surface area (Å²) in [6.07, 6.45) is 4.51. The summed E-state index contributed by atoms with van der Waals surface area (Å²) in [5, 5.41) is 11.3. The average Bonchev–Trinajstić information content (AvgIpc) is 2.58. The van der Waals surface area contributed by atoms with Gasteiger partial charge in [-0.15, -0.1) is 0 Å². The van der Waals surface area contributed by atoms with Crippen LogP contribution in [0.2, 0.25) is 0 Å². The number of nitrogens with two attached hydrogens (primary N) is 1. The van der Waals surface area contributed by atoms with Crippen LogP contribution >= 0.6 is 0 Å². The van der Waals surface area contributed by atoms with Crippen LogP contribution in [0.5, 0.6) is 0 Å². The van der Waals surface area contributed by atoms with E-state index in [0.717, 1.165) is 19.6 Å². The van der Waals surface area contributed by atoms with E-state index in [1.165, 1.54) is 5.56 Å². The average molecular weight is 209 g/mol.